The van der Waals surface area contributed by atoms with Gasteiger partial charge >= 0.3 is 0 Å². The Bertz CT molecular complexity index is 159. The maximum atomic E-state index is 9.18. The highest BCUT2D eigenvalue weighted by atomic mass is 16.5. The van der Waals surface area contributed by atoms with Crippen molar-refractivity contribution in [2.24, 2.45) is 0 Å². The molecule has 2 unspecified atom stereocenters. The van der Waals surface area contributed by atoms with E-state index in [0.29, 0.717) is 0 Å². The Hall–Kier alpha value is -0.600. The first-order chi connectivity index (χ1) is 5.61. The lowest BCUT2D eigenvalue weighted by molar-refractivity contribution is 0.140. The zero-order valence-electron chi connectivity index (χ0n) is 8.08. The van der Waals surface area contributed by atoms with Gasteiger partial charge in [0.1, 0.15) is 0 Å². The van der Waals surface area contributed by atoms with E-state index in [1.54, 1.807) is 20.1 Å². The highest BCUT2D eigenvalue weighted by Gasteiger charge is 2.04. The number of methoxy groups -OCH3 is 1. The third-order valence-corrected chi connectivity index (χ3v) is 1.81. The van der Waals surface area contributed by atoms with Crippen molar-refractivity contribution < 1.29 is 9.84 Å². The van der Waals surface area contributed by atoms with Crippen LogP contribution in [0.4, 0.5) is 0 Å². The zero-order valence-corrected chi connectivity index (χ0v) is 8.08. The van der Waals surface area contributed by atoms with Crippen molar-refractivity contribution in [3.05, 3.63) is 24.3 Å². The van der Waals surface area contributed by atoms with Gasteiger partial charge in [0.2, 0.25) is 0 Å². The Kier molecular flexibility index (Phi) is 5.68. The van der Waals surface area contributed by atoms with Gasteiger partial charge in [-0.05, 0) is 25.8 Å². The number of rotatable bonds is 5. The third-order valence-electron chi connectivity index (χ3n) is 1.81. The van der Waals surface area contributed by atoms with Gasteiger partial charge in [-0.2, -0.15) is 0 Å². The normalized spacial score (nSPS) is 17.2. The summed E-state index contributed by atoms with van der Waals surface area (Å²) < 4.78 is 5.15. The van der Waals surface area contributed by atoms with Gasteiger partial charge in [0.05, 0.1) is 12.2 Å². The van der Waals surface area contributed by atoms with Crippen LogP contribution >= 0.6 is 0 Å². The van der Waals surface area contributed by atoms with Crippen LogP contribution in [-0.2, 0) is 4.74 Å². The van der Waals surface area contributed by atoms with E-state index in [4.69, 9.17) is 4.74 Å². The molecule has 0 radical (unpaired) electrons. The van der Waals surface area contributed by atoms with E-state index in [1.807, 2.05) is 13.0 Å². The van der Waals surface area contributed by atoms with Crippen LogP contribution in [0.1, 0.15) is 20.3 Å². The molecule has 0 rings (SSSR count). The number of aliphatic hydroxyl groups excluding tert-OH is 1. The van der Waals surface area contributed by atoms with E-state index in [0.717, 1.165) is 12.0 Å². The maximum absolute atomic E-state index is 9.18. The molecule has 0 aliphatic carbocycles. The van der Waals surface area contributed by atoms with Crippen LogP contribution in [-0.4, -0.2) is 24.4 Å². The molecule has 0 saturated carbocycles. The van der Waals surface area contributed by atoms with E-state index in [-0.39, 0.29) is 6.10 Å². The molecule has 0 spiro atoms. The van der Waals surface area contributed by atoms with Crippen molar-refractivity contribution in [2.45, 2.75) is 32.5 Å². The molecule has 0 saturated heterocycles. The Balaban J connectivity index is 4.14. The van der Waals surface area contributed by atoms with E-state index in [9.17, 15) is 5.11 Å². The SMILES string of the molecule is C=CCC(C=C(C)C(C)O)OC. The minimum absolute atomic E-state index is 0.0390. The predicted octanol–water partition coefficient (Wildman–Crippen LogP) is 1.90. The van der Waals surface area contributed by atoms with Crippen molar-refractivity contribution >= 4 is 0 Å². The molecule has 2 nitrogen and oxygen atoms in total. The fourth-order valence-corrected chi connectivity index (χ4v) is 0.829. The molecule has 0 amide bonds. The average Bonchev–Trinajstić information content (AvgIpc) is 2.03. The van der Waals surface area contributed by atoms with E-state index in [2.05, 4.69) is 6.58 Å². The van der Waals surface area contributed by atoms with Crippen molar-refractivity contribution in [2.75, 3.05) is 7.11 Å². The molecule has 2 atom stereocenters. The minimum atomic E-state index is -0.396. The molecule has 0 bridgehead atoms. The molecule has 1 N–H and O–H groups in total. The first kappa shape index (κ1) is 11.4. The number of aliphatic hydroxyl groups is 1. The monoisotopic (exact) mass is 170 g/mol. The van der Waals surface area contributed by atoms with Crippen molar-refractivity contribution in [1.29, 1.82) is 0 Å². The summed E-state index contributed by atoms with van der Waals surface area (Å²) >= 11 is 0. The average molecular weight is 170 g/mol. The van der Waals surface area contributed by atoms with Crippen LogP contribution in [0.15, 0.2) is 24.3 Å². The van der Waals surface area contributed by atoms with Gasteiger partial charge in [-0.25, -0.2) is 0 Å². The van der Waals surface area contributed by atoms with Gasteiger partial charge in [0.15, 0.2) is 0 Å². The van der Waals surface area contributed by atoms with Crippen LogP contribution in [0.2, 0.25) is 0 Å². The van der Waals surface area contributed by atoms with Gasteiger partial charge in [-0.3, -0.25) is 0 Å². The molecule has 0 aliphatic heterocycles. The molecule has 0 aliphatic rings. The van der Waals surface area contributed by atoms with Gasteiger partial charge in [0.25, 0.3) is 0 Å². The third kappa shape index (κ3) is 4.31. The van der Waals surface area contributed by atoms with E-state index < -0.39 is 6.10 Å². The summed E-state index contributed by atoms with van der Waals surface area (Å²) in [6, 6.07) is 0. The van der Waals surface area contributed by atoms with E-state index >= 15 is 0 Å². The minimum Gasteiger partial charge on any atom is -0.389 e. The highest BCUT2D eigenvalue weighted by molar-refractivity contribution is 5.07. The lowest BCUT2D eigenvalue weighted by atomic mass is 10.1. The Morgan fingerprint density at radius 1 is 1.67 bits per heavy atom. The Labute approximate surface area is 74.6 Å². The van der Waals surface area contributed by atoms with E-state index in [1.165, 1.54) is 0 Å². The smallest absolute Gasteiger partial charge is 0.0789 e. The molecule has 0 heterocycles. The van der Waals surface area contributed by atoms with Crippen LogP contribution in [0.5, 0.6) is 0 Å². The van der Waals surface area contributed by atoms with Crippen LogP contribution in [0, 0.1) is 0 Å². The van der Waals surface area contributed by atoms with Crippen LogP contribution < -0.4 is 0 Å². The quantitative estimate of drug-likeness (QED) is 0.639. The van der Waals surface area contributed by atoms with Crippen LogP contribution in [0.3, 0.4) is 0 Å². The summed E-state index contributed by atoms with van der Waals surface area (Å²) in [6.07, 6.45) is 4.15. The summed E-state index contributed by atoms with van der Waals surface area (Å²) in [5.41, 5.74) is 0.934. The molecule has 0 fully saturated rings. The van der Waals surface area contributed by atoms with Gasteiger partial charge in [-0.1, -0.05) is 12.2 Å². The Morgan fingerprint density at radius 2 is 2.25 bits per heavy atom. The molecule has 2 heteroatoms. The highest BCUT2D eigenvalue weighted by Crippen LogP contribution is 2.07. The van der Waals surface area contributed by atoms with Gasteiger partial charge in [0, 0.05) is 7.11 Å². The topological polar surface area (TPSA) is 29.5 Å². The first-order valence-corrected chi connectivity index (χ1v) is 4.11. The maximum Gasteiger partial charge on any atom is 0.0789 e. The fraction of sp³-hybridized carbons (Fsp3) is 0.600. The van der Waals surface area contributed by atoms with Crippen molar-refractivity contribution in [1.82, 2.24) is 0 Å². The molecule has 0 aromatic carbocycles. The fourth-order valence-electron chi connectivity index (χ4n) is 0.829. The molecular formula is C10H18O2. The predicted molar refractivity (Wildman–Crippen MR) is 51.0 cm³/mol. The lowest BCUT2D eigenvalue weighted by Gasteiger charge is -2.11. The first-order valence-electron chi connectivity index (χ1n) is 4.11. The lowest BCUT2D eigenvalue weighted by Crippen LogP contribution is -2.10. The number of hydrogen-bond acceptors (Lipinski definition) is 2. The number of ether oxygens (including phenoxy) is 1. The molecule has 12 heavy (non-hydrogen) atoms. The summed E-state index contributed by atoms with van der Waals surface area (Å²) in [5.74, 6) is 0. The molecule has 0 aromatic heterocycles. The van der Waals surface area contributed by atoms with Crippen molar-refractivity contribution in [3.63, 3.8) is 0 Å². The number of hydrogen-bond donors (Lipinski definition) is 1. The molecule has 0 aromatic rings. The van der Waals surface area contributed by atoms with Gasteiger partial charge in [-0.15, -0.1) is 6.58 Å². The Morgan fingerprint density at radius 3 is 2.58 bits per heavy atom. The summed E-state index contributed by atoms with van der Waals surface area (Å²) in [7, 11) is 1.65. The zero-order chi connectivity index (χ0) is 9.56. The standard InChI is InChI=1S/C10H18O2/c1-5-6-10(12-4)7-8(2)9(3)11/h5,7,9-11H,1,6H2,2-4H3. The second kappa shape index (κ2) is 5.98. The van der Waals surface area contributed by atoms with Crippen LogP contribution in [0.25, 0.3) is 0 Å². The van der Waals surface area contributed by atoms with Gasteiger partial charge < -0.3 is 9.84 Å². The largest absolute Gasteiger partial charge is 0.389 e. The molecule has 70 valence electrons. The summed E-state index contributed by atoms with van der Waals surface area (Å²) in [5, 5.41) is 9.18. The summed E-state index contributed by atoms with van der Waals surface area (Å²) in [6.45, 7) is 7.26. The molecular weight excluding hydrogens is 152 g/mol. The second-order valence-electron chi connectivity index (χ2n) is 2.89. The van der Waals surface area contributed by atoms with Crippen molar-refractivity contribution in [3.8, 4) is 0 Å². The second-order valence-corrected chi connectivity index (χ2v) is 2.89. The summed E-state index contributed by atoms with van der Waals surface area (Å²) in [4.78, 5) is 0.